The zero-order valence-electron chi connectivity index (χ0n) is 10.6. The summed E-state index contributed by atoms with van der Waals surface area (Å²) >= 11 is 3.37. The number of rotatable bonds is 3. The van der Waals surface area contributed by atoms with E-state index in [2.05, 4.69) is 26.9 Å². The third-order valence-corrected chi connectivity index (χ3v) is 3.92. The first kappa shape index (κ1) is 13.9. The number of carbonyl (C=O) groups is 1. The lowest BCUT2D eigenvalue weighted by molar-refractivity contribution is -0.118. The topological polar surface area (TPSA) is 70.1 Å². The van der Waals surface area contributed by atoms with Gasteiger partial charge < -0.3 is 10.6 Å². The molecule has 1 heterocycles. The molecule has 2 N–H and O–H groups in total. The largest absolute Gasteiger partial charge is 0.370 e. The van der Waals surface area contributed by atoms with Crippen LogP contribution in [0.15, 0.2) is 22.7 Å². The number of anilines is 1. The van der Waals surface area contributed by atoms with Gasteiger partial charge in [0.2, 0.25) is 5.91 Å². The van der Waals surface area contributed by atoms with Crippen molar-refractivity contribution >= 4 is 27.5 Å². The Hall–Kier alpha value is -1.54. The van der Waals surface area contributed by atoms with Crippen molar-refractivity contribution in [1.82, 2.24) is 0 Å². The Morgan fingerprint density at radius 3 is 3.05 bits per heavy atom. The van der Waals surface area contributed by atoms with E-state index in [1.165, 1.54) is 0 Å². The van der Waals surface area contributed by atoms with Gasteiger partial charge in [0.05, 0.1) is 11.3 Å². The molecule has 100 valence electrons. The van der Waals surface area contributed by atoms with Crippen molar-refractivity contribution in [3.05, 3.63) is 28.2 Å². The maximum absolute atomic E-state index is 11.0. The summed E-state index contributed by atoms with van der Waals surface area (Å²) in [5.74, 6) is 0.0459. The van der Waals surface area contributed by atoms with Gasteiger partial charge in [-0.2, -0.15) is 5.26 Å². The van der Waals surface area contributed by atoms with Gasteiger partial charge in [0.25, 0.3) is 0 Å². The third-order valence-electron chi connectivity index (χ3n) is 3.43. The van der Waals surface area contributed by atoms with Crippen molar-refractivity contribution in [3.8, 4) is 6.07 Å². The van der Waals surface area contributed by atoms with Crippen molar-refractivity contribution in [2.45, 2.75) is 19.3 Å². The maximum Gasteiger partial charge on any atom is 0.217 e. The summed E-state index contributed by atoms with van der Waals surface area (Å²) in [6, 6.07) is 7.94. The number of nitrogens with zero attached hydrogens (tertiary/aromatic N) is 2. The Kier molecular flexibility index (Phi) is 4.43. The zero-order chi connectivity index (χ0) is 13.8. The molecule has 5 heteroatoms. The SMILES string of the molecule is N#Cc1cc(Br)ccc1N1CCCC(CC(N)=O)C1. The van der Waals surface area contributed by atoms with E-state index in [-0.39, 0.29) is 5.91 Å². The molecule has 1 atom stereocenters. The number of halogens is 1. The fraction of sp³-hybridized carbons (Fsp3) is 0.429. The number of carbonyl (C=O) groups excluding carboxylic acids is 1. The van der Waals surface area contributed by atoms with Gasteiger partial charge in [-0.15, -0.1) is 0 Å². The molecule has 1 amide bonds. The van der Waals surface area contributed by atoms with Crippen molar-refractivity contribution in [2.75, 3.05) is 18.0 Å². The third kappa shape index (κ3) is 3.48. The average Bonchev–Trinajstić information content (AvgIpc) is 2.38. The van der Waals surface area contributed by atoms with E-state index in [1.54, 1.807) is 0 Å². The number of nitrogens with two attached hydrogens (primary N) is 1. The van der Waals surface area contributed by atoms with Crippen molar-refractivity contribution in [3.63, 3.8) is 0 Å². The highest BCUT2D eigenvalue weighted by atomic mass is 79.9. The Bertz CT molecular complexity index is 524. The van der Waals surface area contributed by atoms with Crippen molar-refractivity contribution in [1.29, 1.82) is 5.26 Å². The second kappa shape index (κ2) is 6.07. The fourth-order valence-corrected chi connectivity index (χ4v) is 2.97. The Morgan fingerprint density at radius 1 is 1.58 bits per heavy atom. The van der Waals surface area contributed by atoms with Gasteiger partial charge in [-0.25, -0.2) is 0 Å². The second-order valence-electron chi connectivity index (χ2n) is 4.90. The normalized spacial score (nSPS) is 18.9. The van der Waals surface area contributed by atoms with Crippen LogP contribution in [0.3, 0.4) is 0 Å². The first-order chi connectivity index (χ1) is 9.10. The van der Waals surface area contributed by atoms with Gasteiger partial charge in [0, 0.05) is 24.0 Å². The summed E-state index contributed by atoms with van der Waals surface area (Å²) in [6.45, 7) is 1.71. The van der Waals surface area contributed by atoms with Crippen molar-refractivity contribution in [2.24, 2.45) is 11.7 Å². The van der Waals surface area contributed by atoms with Gasteiger partial charge in [-0.05, 0) is 37.0 Å². The van der Waals surface area contributed by atoms with Gasteiger partial charge in [-0.1, -0.05) is 15.9 Å². The standard InChI is InChI=1S/C14H16BrN3O/c15-12-3-4-13(11(7-12)8-16)18-5-1-2-10(9-18)6-14(17)19/h3-4,7,10H,1-2,5-6,9H2,(H2,17,19). The molecule has 0 radical (unpaired) electrons. The lowest BCUT2D eigenvalue weighted by Crippen LogP contribution is -2.37. The highest BCUT2D eigenvalue weighted by Crippen LogP contribution is 2.29. The van der Waals surface area contributed by atoms with E-state index in [4.69, 9.17) is 5.73 Å². The quantitative estimate of drug-likeness (QED) is 0.929. The van der Waals surface area contributed by atoms with Gasteiger partial charge in [0.15, 0.2) is 0 Å². The molecule has 0 spiro atoms. The minimum absolute atomic E-state index is 0.247. The summed E-state index contributed by atoms with van der Waals surface area (Å²) in [6.07, 6.45) is 2.48. The molecule has 0 aliphatic carbocycles. The number of hydrogen-bond acceptors (Lipinski definition) is 3. The van der Waals surface area contributed by atoms with Gasteiger partial charge in [-0.3, -0.25) is 4.79 Å². The van der Waals surface area contributed by atoms with Crippen molar-refractivity contribution < 1.29 is 4.79 Å². The van der Waals surface area contributed by atoms with Crippen LogP contribution in [0.5, 0.6) is 0 Å². The van der Waals surface area contributed by atoms with E-state index in [0.717, 1.165) is 36.1 Å². The second-order valence-corrected chi connectivity index (χ2v) is 5.81. The zero-order valence-corrected chi connectivity index (χ0v) is 12.2. The summed E-state index contributed by atoms with van der Waals surface area (Å²) in [5, 5.41) is 9.21. The number of hydrogen-bond donors (Lipinski definition) is 1. The minimum atomic E-state index is -0.247. The van der Waals surface area contributed by atoms with Crippen LogP contribution in [0.2, 0.25) is 0 Å². The summed E-state index contributed by atoms with van der Waals surface area (Å²) in [4.78, 5) is 13.2. The summed E-state index contributed by atoms with van der Waals surface area (Å²) in [7, 11) is 0. The number of nitriles is 1. The molecule has 1 aromatic rings. The molecule has 0 aromatic heterocycles. The Morgan fingerprint density at radius 2 is 2.37 bits per heavy atom. The number of benzene rings is 1. The van der Waals surface area contributed by atoms with Gasteiger partial charge in [0.1, 0.15) is 6.07 Å². The van der Waals surface area contributed by atoms with Crippen LogP contribution in [0.4, 0.5) is 5.69 Å². The van der Waals surface area contributed by atoms with Crippen LogP contribution >= 0.6 is 15.9 Å². The van der Waals surface area contributed by atoms with E-state index < -0.39 is 0 Å². The lowest BCUT2D eigenvalue weighted by atomic mass is 9.94. The molecular weight excluding hydrogens is 306 g/mol. The lowest BCUT2D eigenvalue weighted by Gasteiger charge is -2.34. The molecule has 0 saturated carbocycles. The highest BCUT2D eigenvalue weighted by molar-refractivity contribution is 9.10. The van der Waals surface area contributed by atoms with Crippen LogP contribution in [-0.4, -0.2) is 19.0 Å². The van der Waals surface area contributed by atoms with Gasteiger partial charge >= 0.3 is 0 Å². The molecule has 1 aliphatic rings. The smallest absolute Gasteiger partial charge is 0.217 e. The minimum Gasteiger partial charge on any atom is -0.370 e. The van der Waals surface area contributed by atoms with Crippen LogP contribution in [0.1, 0.15) is 24.8 Å². The van der Waals surface area contributed by atoms with Crippen LogP contribution < -0.4 is 10.6 Å². The van der Waals surface area contributed by atoms with E-state index in [1.807, 2.05) is 18.2 Å². The number of primary amides is 1. The molecule has 19 heavy (non-hydrogen) atoms. The highest BCUT2D eigenvalue weighted by Gasteiger charge is 2.23. The van der Waals surface area contributed by atoms with E-state index in [9.17, 15) is 10.1 Å². The van der Waals surface area contributed by atoms with E-state index >= 15 is 0 Å². The predicted molar refractivity (Wildman–Crippen MR) is 77.6 cm³/mol. The molecule has 0 bridgehead atoms. The Balaban J connectivity index is 2.17. The maximum atomic E-state index is 11.0. The van der Waals surface area contributed by atoms with Crippen LogP contribution in [-0.2, 0) is 4.79 Å². The number of piperidine rings is 1. The summed E-state index contributed by atoms with van der Waals surface area (Å²) in [5.41, 5.74) is 6.87. The van der Waals surface area contributed by atoms with Crippen LogP contribution in [0.25, 0.3) is 0 Å². The predicted octanol–water partition coefficient (Wildman–Crippen LogP) is 2.41. The average molecular weight is 322 g/mol. The first-order valence-corrected chi connectivity index (χ1v) is 7.12. The van der Waals surface area contributed by atoms with E-state index in [0.29, 0.717) is 17.9 Å². The summed E-state index contributed by atoms with van der Waals surface area (Å²) < 4.78 is 0.901. The molecule has 1 aromatic carbocycles. The molecule has 1 fully saturated rings. The molecule has 2 rings (SSSR count). The molecular formula is C14H16BrN3O. The molecule has 1 saturated heterocycles. The number of amides is 1. The van der Waals surface area contributed by atoms with Crippen LogP contribution in [0, 0.1) is 17.2 Å². The molecule has 4 nitrogen and oxygen atoms in total. The fourth-order valence-electron chi connectivity index (χ4n) is 2.61. The molecule has 1 unspecified atom stereocenters. The monoisotopic (exact) mass is 321 g/mol. The Labute approximate surface area is 121 Å². The molecule has 1 aliphatic heterocycles. The first-order valence-electron chi connectivity index (χ1n) is 6.33.